The Kier molecular flexibility index (Phi) is 4.45. The molecule has 0 aliphatic carbocycles. The smallest absolute Gasteiger partial charge is 0.133 e. The number of rotatable bonds is 5. The van der Waals surface area contributed by atoms with E-state index in [1.54, 1.807) is 0 Å². The van der Waals surface area contributed by atoms with E-state index in [1.807, 2.05) is 54.6 Å². The largest absolute Gasteiger partial charge is 0.490 e. The van der Waals surface area contributed by atoms with E-state index in [1.165, 1.54) is 0 Å². The second kappa shape index (κ2) is 6.30. The van der Waals surface area contributed by atoms with Crippen molar-refractivity contribution < 1.29 is 9.47 Å². The zero-order chi connectivity index (χ0) is 11.9. The predicted octanol–water partition coefficient (Wildman–Crippen LogP) is 3.91. The minimum atomic E-state index is 0.525. The summed E-state index contributed by atoms with van der Waals surface area (Å²) in [6.45, 7) is 1.06. The molecule has 3 heteroatoms. The molecule has 2 aromatic rings. The molecule has 0 aromatic heterocycles. The molecule has 0 saturated carbocycles. The first kappa shape index (κ1) is 12.0. The van der Waals surface area contributed by atoms with Gasteiger partial charge in [0.25, 0.3) is 0 Å². The van der Waals surface area contributed by atoms with E-state index >= 15 is 0 Å². The fourth-order valence-electron chi connectivity index (χ4n) is 1.39. The van der Waals surface area contributed by atoms with Gasteiger partial charge in [0, 0.05) is 0 Å². The molecule has 0 heterocycles. The van der Waals surface area contributed by atoms with Gasteiger partial charge in [-0.3, -0.25) is 0 Å². The molecule has 0 N–H and O–H groups in total. The van der Waals surface area contributed by atoms with Crippen LogP contribution in [-0.2, 0) is 0 Å². The van der Waals surface area contributed by atoms with Crippen molar-refractivity contribution in [3.05, 3.63) is 59.1 Å². The number of hydrogen-bond acceptors (Lipinski definition) is 2. The van der Waals surface area contributed by atoms with Gasteiger partial charge in [-0.25, -0.2) is 0 Å². The highest BCUT2D eigenvalue weighted by Gasteiger charge is 1.98. The van der Waals surface area contributed by atoms with Gasteiger partial charge >= 0.3 is 0 Å². The number of hydrogen-bond donors (Lipinski definition) is 0. The molecule has 0 saturated heterocycles. The molecule has 0 spiro atoms. The Morgan fingerprint density at radius 3 is 2.18 bits per heavy atom. The molecule has 0 amide bonds. The van der Waals surface area contributed by atoms with Crippen LogP contribution in [0.25, 0.3) is 0 Å². The molecule has 0 fully saturated rings. The lowest BCUT2D eigenvalue weighted by molar-refractivity contribution is 0.216. The highest BCUT2D eigenvalue weighted by Crippen LogP contribution is 2.23. The van der Waals surface area contributed by atoms with Crippen molar-refractivity contribution in [2.45, 2.75) is 0 Å². The Labute approximate surface area is 109 Å². The maximum atomic E-state index is 5.59. The highest BCUT2D eigenvalue weighted by atomic mass is 79.9. The summed E-state index contributed by atoms with van der Waals surface area (Å²) >= 11 is 3.43. The van der Waals surface area contributed by atoms with Gasteiger partial charge < -0.3 is 9.47 Å². The molecule has 2 aromatic carbocycles. The van der Waals surface area contributed by atoms with Gasteiger partial charge in [0.05, 0.1) is 4.47 Å². The lowest BCUT2D eigenvalue weighted by atomic mass is 10.3. The molecule has 0 bridgehead atoms. The zero-order valence-electron chi connectivity index (χ0n) is 9.30. The third-order valence-corrected chi connectivity index (χ3v) is 2.84. The molecule has 0 aliphatic rings. The molecule has 2 nitrogen and oxygen atoms in total. The highest BCUT2D eigenvalue weighted by molar-refractivity contribution is 9.10. The summed E-state index contributed by atoms with van der Waals surface area (Å²) in [7, 11) is 0. The second-order valence-corrected chi connectivity index (χ2v) is 4.29. The van der Waals surface area contributed by atoms with Gasteiger partial charge in [0.2, 0.25) is 0 Å². The van der Waals surface area contributed by atoms with Crippen LogP contribution in [0.1, 0.15) is 0 Å². The molecule has 0 aliphatic heterocycles. The molecule has 2 rings (SSSR count). The van der Waals surface area contributed by atoms with Gasteiger partial charge in [-0.1, -0.05) is 30.3 Å². The third-order valence-electron chi connectivity index (χ3n) is 2.19. The van der Waals surface area contributed by atoms with Crippen molar-refractivity contribution >= 4 is 15.9 Å². The number of halogens is 1. The van der Waals surface area contributed by atoms with Crippen molar-refractivity contribution in [1.29, 1.82) is 0 Å². The van der Waals surface area contributed by atoms with Crippen LogP contribution in [0, 0.1) is 0 Å². The normalized spacial score (nSPS) is 9.94. The van der Waals surface area contributed by atoms with Crippen LogP contribution in [0.3, 0.4) is 0 Å². The first-order valence-corrected chi connectivity index (χ1v) is 6.21. The van der Waals surface area contributed by atoms with E-state index in [-0.39, 0.29) is 0 Å². The van der Waals surface area contributed by atoms with Crippen LogP contribution in [-0.4, -0.2) is 13.2 Å². The van der Waals surface area contributed by atoms with Gasteiger partial charge in [-0.15, -0.1) is 0 Å². The van der Waals surface area contributed by atoms with Gasteiger partial charge in [-0.05, 0) is 40.2 Å². The van der Waals surface area contributed by atoms with E-state index in [2.05, 4.69) is 15.9 Å². The third kappa shape index (κ3) is 3.79. The van der Waals surface area contributed by atoms with Gasteiger partial charge in [0.15, 0.2) is 0 Å². The molecule has 0 radical (unpaired) electrons. The summed E-state index contributed by atoms with van der Waals surface area (Å²) in [6, 6.07) is 17.5. The Hall–Kier alpha value is -1.48. The summed E-state index contributed by atoms with van der Waals surface area (Å²) in [5.74, 6) is 1.70. The number of benzene rings is 2. The quantitative estimate of drug-likeness (QED) is 0.778. The van der Waals surface area contributed by atoms with E-state index in [0.29, 0.717) is 13.2 Å². The SMILES string of the molecule is Brc1ccccc1OCCOc1ccccc1. The molecule has 0 unspecified atom stereocenters. The van der Waals surface area contributed by atoms with Crippen LogP contribution >= 0.6 is 15.9 Å². The van der Waals surface area contributed by atoms with Crippen LogP contribution in [0.15, 0.2) is 59.1 Å². The van der Waals surface area contributed by atoms with E-state index < -0.39 is 0 Å². The molecular formula is C14H13BrO2. The van der Waals surface area contributed by atoms with Crippen molar-refractivity contribution in [3.63, 3.8) is 0 Å². The Bertz CT molecular complexity index is 457. The molecule has 88 valence electrons. The predicted molar refractivity (Wildman–Crippen MR) is 71.6 cm³/mol. The lowest BCUT2D eigenvalue weighted by Gasteiger charge is -2.09. The zero-order valence-corrected chi connectivity index (χ0v) is 10.9. The summed E-state index contributed by atoms with van der Waals surface area (Å²) in [6.07, 6.45) is 0. The van der Waals surface area contributed by atoms with E-state index in [4.69, 9.17) is 9.47 Å². The second-order valence-electron chi connectivity index (χ2n) is 3.44. The summed E-state index contributed by atoms with van der Waals surface area (Å²) < 4.78 is 12.1. The van der Waals surface area contributed by atoms with Crippen molar-refractivity contribution in [1.82, 2.24) is 0 Å². The first-order valence-electron chi connectivity index (χ1n) is 5.41. The minimum Gasteiger partial charge on any atom is -0.490 e. The average molecular weight is 293 g/mol. The maximum Gasteiger partial charge on any atom is 0.133 e. The topological polar surface area (TPSA) is 18.5 Å². The molecule has 0 atom stereocenters. The fraction of sp³-hybridized carbons (Fsp3) is 0.143. The Morgan fingerprint density at radius 1 is 0.765 bits per heavy atom. The van der Waals surface area contributed by atoms with Crippen LogP contribution in [0.5, 0.6) is 11.5 Å². The average Bonchev–Trinajstić information content (AvgIpc) is 2.38. The van der Waals surface area contributed by atoms with Crippen LogP contribution in [0.2, 0.25) is 0 Å². The standard InChI is InChI=1S/C14H13BrO2/c15-13-8-4-5-9-14(13)17-11-10-16-12-6-2-1-3-7-12/h1-9H,10-11H2. The van der Waals surface area contributed by atoms with E-state index in [0.717, 1.165) is 16.0 Å². The first-order chi connectivity index (χ1) is 8.36. The summed E-state index contributed by atoms with van der Waals surface area (Å²) in [5, 5.41) is 0. The lowest BCUT2D eigenvalue weighted by Crippen LogP contribution is -2.09. The van der Waals surface area contributed by atoms with Gasteiger partial charge in [0.1, 0.15) is 24.7 Å². The fourth-order valence-corrected chi connectivity index (χ4v) is 1.79. The number of ether oxygens (including phenoxy) is 2. The van der Waals surface area contributed by atoms with Crippen LogP contribution < -0.4 is 9.47 Å². The molecule has 17 heavy (non-hydrogen) atoms. The van der Waals surface area contributed by atoms with Crippen LogP contribution in [0.4, 0.5) is 0 Å². The van der Waals surface area contributed by atoms with Crippen molar-refractivity contribution in [2.24, 2.45) is 0 Å². The van der Waals surface area contributed by atoms with Crippen molar-refractivity contribution in [2.75, 3.05) is 13.2 Å². The summed E-state index contributed by atoms with van der Waals surface area (Å²) in [4.78, 5) is 0. The number of para-hydroxylation sites is 2. The Balaban J connectivity index is 1.76. The van der Waals surface area contributed by atoms with Gasteiger partial charge in [-0.2, -0.15) is 0 Å². The van der Waals surface area contributed by atoms with Crippen molar-refractivity contribution in [3.8, 4) is 11.5 Å². The van der Waals surface area contributed by atoms with E-state index in [9.17, 15) is 0 Å². The molecular weight excluding hydrogens is 280 g/mol. The Morgan fingerprint density at radius 2 is 1.41 bits per heavy atom. The maximum absolute atomic E-state index is 5.59. The monoisotopic (exact) mass is 292 g/mol. The summed E-state index contributed by atoms with van der Waals surface area (Å²) in [5.41, 5.74) is 0. The minimum absolute atomic E-state index is 0.525.